The smallest absolute Gasteiger partial charge is 0.407 e. The van der Waals surface area contributed by atoms with E-state index in [1.165, 1.54) is 0 Å². The van der Waals surface area contributed by atoms with Gasteiger partial charge in [-0.1, -0.05) is 15.9 Å². The molecule has 0 unspecified atom stereocenters. The highest BCUT2D eigenvalue weighted by Crippen LogP contribution is 2.38. The predicted octanol–water partition coefficient (Wildman–Crippen LogP) is 2.42. The van der Waals surface area contributed by atoms with Crippen LogP contribution in [0.2, 0.25) is 0 Å². The van der Waals surface area contributed by atoms with Crippen molar-refractivity contribution >= 4 is 21.9 Å². The highest BCUT2D eigenvalue weighted by Gasteiger charge is 2.40. The van der Waals surface area contributed by atoms with Crippen LogP contribution in [0.4, 0.5) is 13.2 Å². The number of carbonyl (C=O) groups is 1. The minimum absolute atomic E-state index is 0.0856. The van der Waals surface area contributed by atoms with Gasteiger partial charge in [0, 0.05) is 10.0 Å². The summed E-state index contributed by atoms with van der Waals surface area (Å²) < 4.78 is 37.2. The average Bonchev–Trinajstić information content (AvgIpc) is 2.18. The van der Waals surface area contributed by atoms with Crippen molar-refractivity contribution in [3.63, 3.8) is 0 Å². The predicted molar refractivity (Wildman–Crippen MR) is 55.7 cm³/mol. The molecular weight excluding hydrogens is 307 g/mol. The maximum absolute atomic E-state index is 12.4. The summed E-state index contributed by atoms with van der Waals surface area (Å²) in [6.07, 6.45) is -4.77. The Kier molecular flexibility index (Phi) is 3.68. The maximum Gasteiger partial charge on any atom is 0.407 e. The fraction of sp³-hybridized carbons (Fsp3) is 0.222. The Bertz CT molecular complexity index is 462. The molecule has 0 aliphatic carbocycles. The second-order valence-electron chi connectivity index (χ2n) is 3.22. The van der Waals surface area contributed by atoms with Crippen molar-refractivity contribution in [1.82, 2.24) is 0 Å². The van der Waals surface area contributed by atoms with Gasteiger partial charge in [0.2, 0.25) is 0 Å². The van der Waals surface area contributed by atoms with E-state index in [-0.39, 0.29) is 4.47 Å². The minimum Gasteiger partial charge on any atom is -0.507 e. The Labute approximate surface area is 102 Å². The molecule has 1 aromatic rings. The second-order valence-corrected chi connectivity index (χ2v) is 4.13. The van der Waals surface area contributed by atoms with Gasteiger partial charge in [0.1, 0.15) is 17.4 Å². The van der Waals surface area contributed by atoms with Gasteiger partial charge in [0.15, 0.2) is 0 Å². The normalized spacial score (nSPS) is 13.5. The van der Waals surface area contributed by atoms with Crippen LogP contribution >= 0.6 is 15.9 Å². The minimum atomic E-state index is -4.77. The summed E-state index contributed by atoms with van der Waals surface area (Å²) in [6, 6.07) is -0.525. The molecule has 4 N–H and O–H groups in total. The molecule has 94 valence electrons. The molecule has 1 rings (SSSR count). The molecule has 0 aliphatic rings. The third-order valence-corrected chi connectivity index (χ3v) is 2.48. The molecule has 8 heteroatoms. The van der Waals surface area contributed by atoms with Crippen molar-refractivity contribution < 1.29 is 28.2 Å². The van der Waals surface area contributed by atoms with Crippen LogP contribution in [-0.4, -0.2) is 22.4 Å². The number of halogens is 4. The lowest BCUT2D eigenvalue weighted by molar-refractivity contribution is -0.149. The molecule has 1 aromatic carbocycles. The summed E-state index contributed by atoms with van der Waals surface area (Å²) in [5, 5.41) is 18.1. The van der Waals surface area contributed by atoms with Crippen molar-refractivity contribution in [3.8, 4) is 5.75 Å². The topological polar surface area (TPSA) is 83.6 Å². The van der Waals surface area contributed by atoms with E-state index in [1.54, 1.807) is 0 Å². The Hall–Kier alpha value is -1.28. The van der Waals surface area contributed by atoms with Crippen LogP contribution in [0.25, 0.3) is 0 Å². The fourth-order valence-electron chi connectivity index (χ4n) is 1.20. The van der Waals surface area contributed by atoms with E-state index in [0.29, 0.717) is 0 Å². The van der Waals surface area contributed by atoms with E-state index < -0.39 is 35.1 Å². The first-order chi connectivity index (χ1) is 7.64. The molecular formula is C9H7BrF3NO3. The highest BCUT2D eigenvalue weighted by atomic mass is 79.9. The summed E-state index contributed by atoms with van der Waals surface area (Å²) in [5.41, 5.74) is 3.58. The number of aromatic hydroxyl groups is 1. The van der Waals surface area contributed by atoms with Crippen LogP contribution in [0.3, 0.4) is 0 Å². The maximum atomic E-state index is 12.4. The number of carboxylic acids is 1. The lowest BCUT2D eigenvalue weighted by Gasteiger charge is -2.18. The molecule has 4 nitrogen and oxygen atoms in total. The lowest BCUT2D eigenvalue weighted by atomic mass is 10.0. The van der Waals surface area contributed by atoms with Gasteiger partial charge >= 0.3 is 12.1 Å². The van der Waals surface area contributed by atoms with Crippen LogP contribution in [0.1, 0.15) is 22.0 Å². The van der Waals surface area contributed by atoms with Crippen LogP contribution in [-0.2, 0) is 0 Å². The number of aromatic carboxylic acids is 1. The van der Waals surface area contributed by atoms with Crippen molar-refractivity contribution in [2.45, 2.75) is 12.2 Å². The number of carboxylic acid groups (broad SMARTS) is 1. The van der Waals surface area contributed by atoms with E-state index >= 15 is 0 Å². The average molecular weight is 314 g/mol. The van der Waals surface area contributed by atoms with Gasteiger partial charge in [0.05, 0.1) is 0 Å². The van der Waals surface area contributed by atoms with E-state index in [9.17, 15) is 23.1 Å². The first-order valence-corrected chi connectivity index (χ1v) is 5.02. The number of phenols is 1. The molecule has 0 radical (unpaired) electrons. The molecule has 0 heterocycles. The third-order valence-electron chi connectivity index (χ3n) is 2.02. The van der Waals surface area contributed by atoms with E-state index in [1.807, 2.05) is 0 Å². The Balaban J connectivity index is 3.40. The van der Waals surface area contributed by atoms with E-state index in [4.69, 9.17) is 10.8 Å². The largest absolute Gasteiger partial charge is 0.507 e. The molecule has 0 amide bonds. The molecule has 17 heavy (non-hydrogen) atoms. The third kappa shape index (κ3) is 2.89. The molecule has 0 aromatic heterocycles. The zero-order chi connectivity index (χ0) is 13.4. The van der Waals surface area contributed by atoms with Crippen molar-refractivity contribution in [1.29, 1.82) is 0 Å². The first kappa shape index (κ1) is 13.8. The quantitative estimate of drug-likeness (QED) is 0.783. The lowest BCUT2D eigenvalue weighted by Crippen LogP contribution is -2.28. The van der Waals surface area contributed by atoms with Crippen LogP contribution in [0, 0.1) is 0 Å². The second kappa shape index (κ2) is 4.53. The summed E-state index contributed by atoms with van der Waals surface area (Å²) in [7, 11) is 0. The number of hydrogen-bond donors (Lipinski definition) is 3. The van der Waals surface area contributed by atoms with Gasteiger partial charge in [-0.05, 0) is 12.1 Å². The molecule has 1 atom stereocenters. The summed E-state index contributed by atoms with van der Waals surface area (Å²) in [6.45, 7) is 0. The molecule has 0 saturated heterocycles. The summed E-state index contributed by atoms with van der Waals surface area (Å²) in [5.74, 6) is -2.52. The molecule has 0 spiro atoms. The Morgan fingerprint density at radius 1 is 1.41 bits per heavy atom. The number of benzene rings is 1. The Morgan fingerprint density at radius 3 is 2.35 bits per heavy atom. The standard InChI is InChI=1S/C9H7BrF3NO3/c10-3-1-4(7(14)9(11,12)13)6(15)5(2-3)8(16)17/h1-2,7,15H,14H2,(H,16,17)/t7-/m0/s1. The highest BCUT2D eigenvalue weighted by molar-refractivity contribution is 9.10. The summed E-state index contributed by atoms with van der Waals surface area (Å²) in [4.78, 5) is 10.7. The first-order valence-electron chi connectivity index (χ1n) is 4.22. The fourth-order valence-corrected chi connectivity index (χ4v) is 1.67. The number of nitrogens with two attached hydrogens (primary N) is 1. The monoisotopic (exact) mass is 313 g/mol. The van der Waals surface area contributed by atoms with Crippen LogP contribution < -0.4 is 5.73 Å². The van der Waals surface area contributed by atoms with Crippen molar-refractivity contribution in [2.24, 2.45) is 5.73 Å². The number of hydrogen-bond acceptors (Lipinski definition) is 3. The van der Waals surface area contributed by atoms with Gasteiger partial charge < -0.3 is 15.9 Å². The summed E-state index contributed by atoms with van der Waals surface area (Å²) >= 11 is 2.85. The SMILES string of the molecule is N[C@@H](c1cc(Br)cc(C(=O)O)c1O)C(F)(F)F. The molecule has 0 fully saturated rings. The van der Waals surface area contributed by atoms with Gasteiger partial charge in [-0.25, -0.2) is 4.79 Å². The Morgan fingerprint density at radius 2 is 1.94 bits per heavy atom. The van der Waals surface area contributed by atoms with Crippen LogP contribution in [0.5, 0.6) is 5.75 Å². The van der Waals surface area contributed by atoms with E-state index in [0.717, 1.165) is 12.1 Å². The molecule has 0 bridgehead atoms. The zero-order valence-electron chi connectivity index (χ0n) is 8.12. The van der Waals surface area contributed by atoms with Gasteiger partial charge in [0.25, 0.3) is 0 Å². The van der Waals surface area contributed by atoms with Crippen molar-refractivity contribution in [3.05, 3.63) is 27.7 Å². The number of rotatable bonds is 2. The van der Waals surface area contributed by atoms with Gasteiger partial charge in [-0.2, -0.15) is 13.2 Å². The van der Waals surface area contributed by atoms with Crippen molar-refractivity contribution in [2.75, 3.05) is 0 Å². The van der Waals surface area contributed by atoms with Crippen LogP contribution in [0.15, 0.2) is 16.6 Å². The molecule has 0 saturated carbocycles. The zero-order valence-corrected chi connectivity index (χ0v) is 9.71. The number of alkyl halides is 3. The van der Waals surface area contributed by atoms with Gasteiger partial charge in [-0.15, -0.1) is 0 Å². The van der Waals surface area contributed by atoms with E-state index in [2.05, 4.69) is 15.9 Å². The van der Waals surface area contributed by atoms with Gasteiger partial charge in [-0.3, -0.25) is 0 Å². The molecule has 0 aliphatic heterocycles.